The van der Waals surface area contributed by atoms with E-state index in [1.54, 1.807) is 36.1 Å². The number of nitrogens with one attached hydrogen (secondary N) is 1. The summed E-state index contributed by atoms with van der Waals surface area (Å²) >= 11 is 0. The zero-order valence-electron chi connectivity index (χ0n) is 9.65. The van der Waals surface area contributed by atoms with E-state index in [0.29, 0.717) is 11.3 Å². The van der Waals surface area contributed by atoms with E-state index in [1.807, 2.05) is 0 Å². The Balaban J connectivity index is 1.88. The minimum absolute atomic E-state index is 0.147. The number of hydrogen-bond donors (Lipinski definition) is 1. The minimum Gasteiger partial charge on any atom is -0.414 e. The van der Waals surface area contributed by atoms with Crippen LogP contribution in [0, 0.1) is 0 Å². The summed E-state index contributed by atoms with van der Waals surface area (Å²) in [6.45, 7) is 0. The smallest absolute Gasteiger partial charge is 0.258 e. The van der Waals surface area contributed by atoms with Gasteiger partial charge in [-0.05, 0) is 6.08 Å². The highest BCUT2D eigenvalue weighted by Gasteiger charge is 2.22. The van der Waals surface area contributed by atoms with Gasteiger partial charge in [0.1, 0.15) is 12.4 Å². The van der Waals surface area contributed by atoms with Crippen LogP contribution in [0.25, 0.3) is 5.78 Å². The topological polar surface area (TPSA) is 71.8 Å². The number of hydrogen-bond acceptors (Lipinski definition) is 5. The maximum Gasteiger partial charge on any atom is 0.258 e. The molecular weight excluding hydrogens is 234 g/mol. The number of nitrogens with zero attached hydrogens (tertiary/aromatic N) is 4. The van der Waals surface area contributed by atoms with Crippen molar-refractivity contribution in [1.82, 2.24) is 24.7 Å². The molecule has 0 radical (unpaired) electrons. The molecule has 0 saturated heterocycles. The molecule has 3 rings (SSSR count). The molecule has 1 atom stereocenters. The number of likely N-dealkylation sites (N-methyl/N-ethyl adjacent to an activating group) is 1. The molecule has 2 aromatic rings. The molecule has 1 aliphatic heterocycles. The number of imidazole rings is 1. The van der Waals surface area contributed by atoms with Crippen molar-refractivity contribution in [2.24, 2.45) is 0 Å². The molecular formula is C11H11N5O2. The predicted octanol–water partition coefficient (Wildman–Crippen LogP) is 0.176. The van der Waals surface area contributed by atoms with Gasteiger partial charge in [0.15, 0.2) is 0 Å². The highest BCUT2D eigenvalue weighted by atomic mass is 16.6. The lowest BCUT2D eigenvalue weighted by Crippen LogP contribution is -2.42. The minimum atomic E-state index is -0.268. The van der Waals surface area contributed by atoms with E-state index in [0.717, 1.165) is 0 Å². The van der Waals surface area contributed by atoms with Gasteiger partial charge >= 0.3 is 0 Å². The van der Waals surface area contributed by atoms with Crippen LogP contribution in [0.1, 0.15) is 10.4 Å². The zero-order chi connectivity index (χ0) is 12.5. The Morgan fingerprint density at radius 3 is 3.22 bits per heavy atom. The van der Waals surface area contributed by atoms with Gasteiger partial charge in [0.2, 0.25) is 5.78 Å². The summed E-state index contributed by atoms with van der Waals surface area (Å²) in [5, 5.41) is 0. The van der Waals surface area contributed by atoms with Gasteiger partial charge in [-0.2, -0.15) is 0 Å². The van der Waals surface area contributed by atoms with Crippen LogP contribution in [-0.4, -0.2) is 38.4 Å². The van der Waals surface area contributed by atoms with E-state index < -0.39 is 0 Å². The maximum atomic E-state index is 12.2. The number of rotatable bonds is 2. The zero-order valence-corrected chi connectivity index (χ0v) is 9.65. The average Bonchev–Trinajstić information content (AvgIpc) is 3.06. The third-order valence-electron chi connectivity index (χ3n) is 2.75. The lowest BCUT2D eigenvalue weighted by atomic mass is 10.3. The van der Waals surface area contributed by atoms with Gasteiger partial charge in [-0.15, -0.1) is 5.48 Å². The molecule has 0 saturated carbocycles. The van der Waals surface area contributed by atoms with Crippen LogP contribution >= 0.6 is 0 Å². The summed E-state index contributed by atoms with van der Waals surface area (Å²) in [6, 6.07) is 0. The largest absolute Gasteiger partial charge is 0.414 e. The first kappa shape index (κ1) is 10.7. The fourth-order valence-electron chi connectivity index (χ4n) is 1.73. The van der Waals surface area contributed by atoms with Crippen molar-refractivity contribution in [3.05, 3.63) is 42.7 Å². The van der Waals surface area contributed by atoms with Crippen molar-refractivity contribution in [1.29, 1.82) is 0 Å². The molecule has 1 aliphatic rings. The Bertz CT molecular complexity index is 621. The summed E-state index contributed by atoms with van der Waals surface area (Å²) in [4.78, 5) is 26.7. The van der Waals surface area contributed by atoms with Crippen molar-refractivity contribution in [2.45, 2.75) is 6.17 Å². The second-order valence-corrected chi connectivity index (χ2v) is 3.90. The molecule has 1 unspecified atom stereocenters. The molecule has 0 spiro atoms. The monoisotopic (exact) mass is 245 g/mol. The molecule has 2 aromatic heterocycles. The second kappa shape index (κ2) is 4.11. The number of aromatic nitrogens is 3. The van der Waals surface area contributed by atoms with Crippen LogP contribution < -0.4 is 5.48 Å². The molecule has 0 bridgehead atoms. The van der Waals surface area contributed by atoms with E-state index in [-0.39, 0.29) is 12.1 Å². The molecule has 7 heteroatoms. The molecule has 7 nitrogen and oxygen atoms in total. The van der Waals surface area contributed by atoms with Crippen molar-refractivity contribution >= 4 is 11.7 Å². The Labute approximate surface area is 103 Å². The SMILES string of the molecule is CN(C(=O)c1cnc2nccn2c1)C1C=CON1. The van der Waals surface area contributed by atoms with Gasteiger partial charge in [0.25, 0.3) is 5.91 Å². The predicted molar refractivity (Wildman–Crippen MR) is 62.2 cm³/mol. The Hall–Kier alpha value is -2.41. The van der Waals surface area contributed by atoms with Crippen molar-refractivity contribution < 1.29 is 9.63 Å². The first-order chi connectivity index (χ1) is 8.75. The van der Waals surface area contributed by atoms with Crippen LogP contribution in [0.15, 0.2) is 37.1 Å². The summed E-state index contributed by atoms with van der Waals surface area (Å²) in [5.74, 6) is 0.419. The van der Waals surface area contributed by atoms with Gasteiger partial charge in [-0.25, -0.2) is 9.97 Å². The van der Waals surface area contributed by atoms with E-state index in [1.165, 1.54) is 17.4 Å². The van der Waals surface area contributed by atoms with Crippen LogP contribution in [-0.2, 0) is 4.84 Å². The standard InChI is InChI=1S/C11H11N5O2/c1-15(9-2-5-18-14-9)10(17)8-6-13-11-12-3-4-16(11)7-8/h2-7,9,14H,1H3. The van der Waals surface area contributed by atoms with Crippen molar-refractivity contribution in [3.63, 3.8) is 0 Å². The van der Waals surface area contributed by atoms with E-state index in [4.69, 9.17) is 4.84 Å². The Morgan fingerprint density at radius 1 is 1.56 bits per heavy atom. The highest BCUT2D eigenvalue weighted by Crippen LogP contribution is 2.09. The van der Waals surface area contributed by atoms with Gasteiger partial charge in [-0.3, -0.25) is 9.20 Å². The lowest BCUT2D eigenvalue weighted by molar-refractivity contribution is 0.0546. The first-order valence-corrected chi connectivity index (χ1v) is 5.39. The molecule has 1 amide bonds. The summed E-state index contributed by atoms with van der Waals surface area (Å²) in [7, 11) is 1.69. The van der Waals surface area contributed by atoms with Gasteiger partial charge < -0.3 is 9.74 Å². The highest BCUT2D eigenvalue weighted by molar-refractivity contribution is 5.94. The molecule has 1 N–H and O–H groups in total. The first-order valence-electron chi connectivity index (χ1n) is 5.39. The number of hydroxylamine groups is 1. The van der Waals surface area contributed by atoms with Crippen LogP contribution in [0.4, 0.5) is 0 Å². The third-order valence-corrected chi connectivity index (χ3v) is 2.75. The number of carbonyl (C=O) groups is 1. The normalized spacial score (nSPS) is 17.9. The Morgan fingerprint density at radius 2 is 2.44 bits per heavy atom. The molecule has 0 aromatic carbocycles. The van der Waals surface area contributed by atoms with Gasteiger partial charge in [0, 0.05) is 31.8 Å². The van der Waals surface area contributed by atoms with Crippen molar-refractivity contribution in [2.75, 3.05) is 7.05 Å². The van der Waals surface area contributed by atoms with Gasteiger partial charge in [0.05, 0.1) is 5.56 Å². The summed E-state index contributed by atoms with van der Waals surface area (Å²) < 4.78 is 1.70. The van der Waals surface area contributed by atoms with E-state index in [2.05, 4.69) is 15.4 Å². The summed E-state index contributed by atoms with van der Waals surface area (Å²) in [5.41, 5.74) is 3.18. The summed E-state index contributed by atoms with van der Waals surface area (Å²) in [6.07, 6.45) is 9.59. The maximum absolute atomic E-state index is 12.2. The van der Waals surface area contributed by atoms with Crippen LogP contribution in [0.3, 0.4) is 0 Å². The van der Waals surface area contributed by atoms with Gasteiger partial charge in [-0.1, -0.05) is 0 Å². The molecule has 92 valence electrons. The number of carbonyl (C=O) groups excluding carboxylic acids is 1. The third kappa shape index (κ3) is 1.70. The fourth-order valence-corrected chi connectivity index (χ4v) is 1.73. The number of fused-ring (bicyclic) bond motifs is 1. The molecule has 18 heavy (non-hydrogen) atoms. The fraction of sp³-hybridized carbons (Fsp3) is 0.182. The van der Waals surface area contributed by atoms with Crippen molar-refractivity contribution in [3.8, 4) is 0 Å². The second-order valence-electron chi connectivity index (χ2n) is 3.90. The molecule has 0 fully saturated rings. The Kier molecular flexibility index (Phi) is 2.45. The van der Waals surface area contributed by atoms with Crippen LogP contribution in [0.5, 0.6) is 0 Å². The number of amides is 1. The quantitative estimate of drug-likeness (QED) is 0.817. The van der Waals surface area contributed by atoms with Crippen LogP contribution in [0.2, 0.25) is 0 Å². The molecule has 3 heterocycles. The van der Waals surface area contributed by atoms with E-state index in [9.17, 15) is 4.79 Å². The lowest BCUT2D eigenvalue weighted by Gasteiger charge is -2.22. The average molecular weight is 245 g/mol. The molecule has 0 aliphatic carbocycles. The van der Waals surface area contributed by atoms with E-state index >= 15 is 0 Å².